The van der Waals surface area contributed by atoms with Gasteiger partial charge in [-0.05, 0) is 37.1 Å². The Morgan fingerprint density at radius 1 is 1.07 bits per heavy atom. The zero-order valence-electron chi connectivity index (χ0n) is 15.6. The fourth-order valence-electron chi connectivity index (χ4n) is 4.41. The normalized spacial score (nSPS) is 19.7. The highest BCUT2D eigenvalue weighted by Crippen LogP contribution is 2.50. The smallest absolute Gasteiger partial charge is 0.142 e. The molecule has 2 atom stereocenters. The van der Waals surface area contributed by atoms with E-state index in [0.29, 0.717) is 28.8 Å². The summed E-state index contributed by atoms with van der Waals surface area (Å²) in [6.07, 6.45) is 7.22. The van der Waals surface area contributed by atoms with Gasteiger partial charge in [-0.2, -0.15) is 0 Å². The Balaban J connectivity index is 1.52. The molecule has 0 spiro atoms. The predicted molar refractivity (Wildman–Crippen MR) is 107 cm³/mol. The second-order valence-corrected chi connectivity index (χ2v) is 7.41. The lowest BCUT2D eigenvalue weighted by atomic mass is 9.98. The molecule has 1 N–H and O–H groups in total. The Kier molecular flexibility index (Phi) is 4.23. The SMILES string of the molecule is C=C(Nc1ccc(F)cn1)N1c2nc(-c3cncc(F)c3)ccc2C2CCCC21. The molecule has 29 heavy (non-hydrogen) atoms. The minimum absolute atomic E-state index is 0.263. The molecule has 1 aliphatic carbocycles. The molecular weight excluding hydrogens is 372 g/mol. The molecule has 3 aromatic rings. The minimum atomic E-state index is -0.396. The first-order valence-electron chi connectivity index (χ1n) is 9.59. The zero-order chi connectivity index (χ0) is 20.0. The maximum atomic E-state index is 13.6. The van der Waals surface area contributed by atoms with Crippen LogP contribution in [0.5, 0.6) is 0 Å². The first-order chi connectivity index (χ1) is 14.1. The van der Waals surface area contributed by atoms with E-state index in [-0.39, 0.29) is 6.04 Å². The number of aromatic nitrogens is 3. The van der Waals surface area contributed by atoms with E-state index in [2.05, 4.69) is 32.8 Å². The Morgan fingerprint density at radius 3 is 2.76 bits per heavy atom. The van der Waals surface area contributed by atoms with Gasteiger partial charge in [0.25, 0.3) is 0 Å². The molecule has 0 radical (unpaired) electrons. The van der Waals surface area contributed by atoms with Gasteiger partial charge in [-0.3, -0.25) is 4.98 Å². The van der Waals surface area contributed by atoms with Crippen molar-refractivity contribution in [3.05, 3.63) is 78.5 Å². The average molecular weight is 391 g/mol. The lowest BCUT2D eigenvalue weighted by molar-refractivity contribution is 0.620. The molecule has 2 aliphatic rings. The molecule has 1 aliphatic heterocycles. The number of hydrogen-bond donors (Lipinski definition) is 1. The van der Waals surface area contributed by atoms with E-state index in [9.17, 15) is 8.78 Å². The Labute approximate surface area is 167 Å². The van der Waals surface area contributed by atoms with E-state index < -0.39 is 11.6 Å². The van der Waals surface area contributed by atoms with E-state index in [1.807, 2.05) is 6.07 Å². The summed E-state index contributed by atoms with van der Waals surface area (Å²) in [6, 6.07) is 8.62. The minimum Gasteiger partial charge on any atom is -0.327 e. The van der Waals surface area contributed by atoms with Crippen LogP contribution in [0.15, 0.2) is 61.3 Å². The highest BCUT2D eigenvalue weighted by atomic mass is 19.1. The zero-order valence-corrected chi connectivity index (χ0v) is 15.6. The van der Waals surface area contributed by atoms with Crippen LogP contribution in [0.1, 0.15) is 30.7 Å². The third-order valence-corrected chi connectivity index (χ3v) is 5.64. The highest BCUT2D eigenvalue weighted by molar-refractivity contribution is 5.69. The number of rotatable bonds is 4. The molecule has 0 amide bonds. The molecule has 0 aromatic carbocycles. The van der Waals surface area contributed by atoms with Gasteiger partial charge < -0.3 is 10.2 Å². The fourth-order valence-corrected chi connectivity index (χ4v) is 4.41. The van der Waals surface area contributed by atoms with Crippen LogP contribution >= 0.6 is 0 Å². The van der Waals surface area contributed by atoms with Crippen molar-refractivity contribution in [2.45, 2.75) is 31.2 Å². The van der Waals surface area contributed by atoms with Crippen LogP contribution in [0.25, 0.3) is 11.3 Å². The van der Waals surface area contributed by atoms with Crippen molar-refractivity contribution in [3.8, 4) is 11.3 Å². The van der Waals surface area contributed by atoms with Crippen molar-refractivity contribution < 1.29 is 8.78 Å². The van der Waals surface area contributed by atoms with Crippen molar-refractivity contribution in [3.63, 3.8) is 0 Å². The van der Waals surface area contributed by atoms with Crippen LogP contribution in [0.4, 0.5) is 20.4 Å². The van der Waals surface area contributed by atoms with Gasteiger partial charge in [-0.1, -0.05) is 19.1 Å². The molecular formula is C22H19F2N5. The van der Waals surface area contributed by atoms with Gasteiger partial charge in [0.1, 0.15) is 29.1 Å². The van der Waals surface area contributed by atoms with Gasteiger partial charge in [-0.15, -0.1) is 0 Å². The van der Waals surface area contributed by atoms with Crippen molar-refractivity contribution in [1.82, 2.24) is 15.0 Å². The molecule has 1 fully saturated rings. The van der Waals surface area contributed by atoms with Crippen LogP contribution in [0, 0.1) is 11.6 Å². The Bertz CT molecular complexity index is 1080. The molecule has 0 saturated heterocycles. The van der Waals surface area contributed by atoms with E-state index in [4.69, 9.17) is 4.98 Å². The van der Waals surface area contributed by atoms with Gasteiger partial charge >= 0.3 is 0 Å². The number of pyridine rings is 3. The predicted octanol–water partition coefficient (Wildman–Crippen LogP) is 4.86. The quantitative estimate of drug-likeness (QED) is 0.689. The van der Waals surface area contributed by atoms with Crippen molar-refractivity contribution >= 4 is 11.6 Å². The summed E-state index contributed by atoms with van der Waals surface area (Å²) in [4.78, 5) is 14.9. The summed E-state index contributed by atoms with van der Waals surface area (Å²) in [6.45, 7) is 4.20. The molecule has 5 nitrogen and oxygen atoms in total. The van der Waals surface area contributed by atoms with Gasteiger partial charge in [0.2, 0.25) is 0 Å². The maximum Gasteiger partial charge on any atom is 0.142 e. The van der Waals surface area contributed by atoms with Crippen LogP contribution in [-0.4, -0.2) is 21.0 Å². The van der Waals surface area contributed by atoms with Crippen LogP contribution in [0.3, 0.4) is 0 Å². The van der Waals surface area contributed by atoms with Crippen molar-refractivity contribution in [2.24, 2.45) is 0 Å². The second-order valence-electron chi connectivity index (χ2n) is 7.41. The molecule has 2 unspecified atom stereocenters. The van der Waals surface area contributed by atoms with Gasteiger partial charge in [0.05, 0.1) is 18.1 Å². The number of nitrogens with zero attached hydrogens (tertiary/aromatic N) is 4. The maximum absolute atomic E-state index is 13.6. The standard InChI is InChI=1S/C22H19F2N5/c1-13(27-21-8-5-15(23)12-26-21)29-20-4-2-3-17(20)18-6-7-19(28-22(18)29)14-9-16(24)11-25-10-14/h5-12,17,20H,1-4H2,(H,26,27). The molecule has 146 valence electrons. The lowest BCUT2D eigenvalue weighted by Gasteiger charge is -2.28. The third kappa shape index (κ3) is 3.12. The van der Waals surface area contributed by atoms with Crippen LogP contribution in [0.2, 0.25) is 0 Å². The molecule has 5 rings (SSSR count). The first-order valence-corrected chi connectivity index (χ1v) is 9.59. The van der Waals surface area contributed by atoms with Crippen molar-refractivity contribution in [1.29, 1.82) is 0 Å². The lowest BCUT2D eigenvalue weighted by Crippen LogP contribution is -2.34. The van der Waals surface area contributed by atoms with Crippen LogP contribution < -0.4 is 10.2 Å². The van der Waals surface area contributed by atoms with Gasteiger partial charge in [0, 0.05) is 29.3 Å². The van der Waals surface area contributed by atoms with Crippen LogP contribution in [-0.2, 0) is 0 Å². The van der Waals surface area contributed by atoms with Crippen molar-refractivity contribution in [2.75, 3.05) is 10.2 Å². The summed E-state index contributed by atoms with van der Waals surface area (Å²) in [5.74, 6) is 1.58. The molecule has 3 aromatic heterocycles. The Morgan fingerprint density at radius 2 is 1.97 bits per heavy atom. The number of hydrogen-bond acceptors (Lipinski definition) is 5. The van der Waals surface area contributed by atoms with E-state index in [1.165, 1.54) is 30.1 Å². The van der Waals surface area contributed by atoms with E-state index in [0.717, 1.165) is 25.1 Å². The molecule has 4 heterocycles. The summed E-state index contributed by atoms with van der Waals surface area (Å²) in [5.41, 5.74) is 2.47. The topological polar surface area (TPSA) is 53.9 Å². The summed E-state index contributed by atoms with van der Waals surface area (Å²) < 4.78 is 26.8. The number of anilines is 2. The number of nitrogens with one attached hydrogen (secondary N) is 1. The molecule has 7 heteroatoms. The average Bonchev–Trinajstić information content (AvgIpc) is 3.29. The van der Waals surface area contributed by atoms with Gasteiger partial charge in [0.15, 0.2) is 0 Å². The largest absolute Gasteiger partial charge is 0.327 e. The second kappa shape index (κ2) is 6.92. The monoisotopic (exact) mass is 391 g/mol. The van der Waals surface area contributed by atoms with E-state index >= 15 is 0 Å². The third-order valence-electron chi connectivity index (χ3n) is 5.64. The summed E-state index contributed by atoms with van der Waals surface area (Å²) in [7, 11) is 0. The molecule has 0 bridgehead atoms. The molecule has 1 saturated carbocycles. The Hall–Kier alpha value is -3.35. The first kappa shape index (κ1) is 17.7. The van der Waals surface area contributed by atoms with Gasteiger partial charge in [-0.25, -0.2) is 18.7 Å². The summed E-state index contributed by atoms with van der Waals surface area (Å²) in [5, 5.41) is 3.17. The summed E-state index contributed by atoms with van der Waals surface area (Å²) >= 11 is 0. The fraction of sp³-hybridized carbons (Fsp3) is 0.227. The van der Waals surface area contributed by atoms with E-state index in [1.54, 1.807) is 12.3 Å². The highest BCUT2D eigenvalue weighted by Gasteiger charge is 2.43. The number of fused-ring (bicyclic) bond motifs is 3. The number of halogens is 2.